The molecule has 0 saturated carbocycles. The lowest BCUT2D eigenvalue weighted by molar-refractivity contribution is -0.0500. The van der Waals surface area contributed by atoms with Gasteiger partial charge in [-0.15, -0.1) is 0 Å². The first-order chi connectivity index (χ1) is 19.5. The Kier molecular flexibility index (Phi) is 22.1. The number of benzene rings is 1. The van der Waals surface area contributed by atoms with Crippen LogP contribution < -0.4 is 4.74 Å². The Morgan fingerprint density at radius 2 is 1.40 bits per heavy atom. The van der Waals surface area contributed by atoms with Crippen molar-refractivity contribution in [3.8, 4) is 11.8 Å². The van der Waals surface area contributed by atoms with Gasteiger partial charge in [-0.1, -0.05) is 109 Å². The molecule has 230 valence electrons. The molecule has 40 heavy (non-hydrogen) atoms. The molecule has 2 atom stereocenters. The van der Waals surface area contributed by atoms with E-state index in [1.807, 2.05) is 0 Å². The van der Waals surface area contributed by atoms with Gasteiger partial charge in [0.2, 0.25) is 0 Å². The van der Waals surface area contributed by atoms with Crippen molar-refractivity contribution in [2.75, 3.05) is 34.0 Å². The molecule has 0 bridgehead atoms. The van der Waals surface area contributed by atoms with Gasteiger partial charge < -0.3 is 19.1 Å². The zero-order chi connectivity index (χ0) is 29.3. The Balaban J connectivity index is 2.16. The van der Waals surface area contributed by atoms with E-state index in [0.29, 0.717) is 17.9 Å². The highest BCUT2D eigenvalue weighted by atomic mass is 31.2. The molecule has 0 aliphatic carbocycles. The number of phosphoric ester groups is 1. The largest absolute Gasteiger partial charge is 0.495 e. The van der Waals surface area contributed by atoms with Crippen LogP contribution >= 0.6 is 7.82 Å². The summed E-state index contributed by atoms with van der Waals surface area (Å²) in [5.41, 5.74) is 1.19. The molecule has 0 radical (unpaired) electrons. The number of nitrogens with zero attached hydrogens (tertiary/aromatic N) is 1. The van der Waals surface area contributed by atoms with Gasteiger partial charge in [-0.2, -0.15) is 5.26 Å². The van der Waals surface area contributed by atoms with E-state index < -0.39 is 13.9 Å². The van der Waals surface area contributed by atoms with Crippen LogP contribution in [-0.2, 0) is 29.7 Å². The fourth-order valence-electron chi connectivity index (χ4n) is 4.49. The maximum Gasteiger partial charge on any atom is 0.472 e. The van der Waals surface area contributed by atoms with Gasteiger partial charge in [-0.05, 0) is 24.1 Å². The first-order valence-electron chi connectivity index (χ1n) is 15.2. The van der Waals surface area contributed by atoms with E-state index in [1.165, 1.54) is 97.0 Å². The molecule has 0 amide bonds. The molecule has 0 aliphatic rings. The molecule has 1 aromatic rings. The zero-order valence-electron chi connectivity index (χ0n) is 25.2. The van der Waals surface area contributed by atoms with Gasteiger partial charge in [0, 0.05) is 13.7 Å². The quantitative estimate of drug-likeness (QED) is 0.0811. The van der Waals surface area contributed by atoms with Crippen molar-refractivity contribution in [2.45, 2.75) is 122 Å². The summed E-state index contributed by atoms with van der Waals surface area (Å²) in [5, 5.41) is 9.29. The monoisotopic (exact) mass is 583 g/mol. The lowest BCUT2D eigenvalue weighted by Crippen LogP contribution is -2.25. The van der Waals surface area contributed by atoms with E-state index in [1.54, 1.807) is 18.2 Å². The molecule has 0 spiro atoms. The van der Waals surface area contributed by atoms with Crippen molar-refractivity contribution in [1.82, 2.24) is 0 Å². The van der Waals surface area contributed by atoms with Crippen LogP contribution in [0.4, 0.5) is 0 Å². The van der Waals surface area contributed by atoms with Gasteiger partial charge in [0.1, 0.15) is 17.9 Å². The minimum absolute atomic E-state index is 0.151. The van der Waals surface area contributed by atoms with E-state index in [-0.39, 0.29) is 19.8 Å². The lowest BCUT2D eigenvalue weighted by Gasteiger charge is -2.19. The first kappa shape index (κ1) is 36.6. The third-order valence-electron chi connectivity index (χ3n) is 6.97. The topological polar surface area (TPSA) is 107 Å². The van der Waals surface area contributed by atoms with E-state index in [2.05, 4.69) is 17.5 Å². The number of methoxy groups -OCH3 is 1. The maximum absolute atomic E-state index is 11.7. The average molecular weight is 584 g/mol. The molecule has 1 rings (SSSR count). The molecule has 1 unspecified atom stereocenters. The summed E-state index contributed by atoms with van der Waals surface area (Å²) in [7, 11) is -1.49. The minimum Gasteiger partial charge on any atom is -0.495 e. The van der Waals surface area contributed by atoms with Gasteiger partial charge >= 0.3 is 7.82 Å². The smallest absolute Gasteiger partial charge is 0.472 e. The standard InChI is InChI=1S/C31H54NO7P/c1-4-5-6-7-8-9-10-11-12-13-14-15-16-17-18-19-22-37-26-30(27-39-40(33,34)36-3)38-25-28-20-21-31(35-2)29(23-28)24-32/h20-21,23,30H,4-19,22,25-27H2,1-3H3,(H,33,34)/t30-/m1/s1. The molecule has 0 aromatic heterocycles. The summed E-state index contributed by atoms with van der Waals surface area (Å²) < 4.78 is 38.1. The summed E-state index contributed by atoms with van der Waals surface area (Å²) in [4.78, 5) is 9.58. The molecule has 0 fully saturated rings. The second kappa shape index (κ2) is 24.2. The van der Waals surface area contributed by atoms with Crippen molar-refractivity contribution < 1.29 is 32.7 Å². The van der Waals surface area contributed by atoms with E-state index in [4.69, 9.17) is 18.7 Å². The normalized spacial score (nSPS) is 13.6. The SMILES string of the molecule is CCCCCCCCCCCCCCCCCCOC[C@H](COP(=O)(O)OC)OCc1ccc(OC)c(C#N)c1. The Bertz CT molecular complexity index is 845. The number of nitriles is 1. The Labute approximate surface area is 243 Å². The summed E-state index contributed by atoms with van der Waals surface area (Å²) in [6.07, 6.45) is 20.6. The van der Waals surface area contributed by atoms with Gasteiger partial charge in [0.05, 0.1) is 32.5 Å². The number of ether oxygens (including phenoxy) is 3. The van der Waals surface area contributed by atoms with Crippen molar-refractivity contribution in [3.05, 3.63) is 29.3 Å². The third-order valence-corrected chi connectivity index (χ3v) is 7.91. The van der Waals surface area contributed by atoms with E-state index in [9.17, 15) is 14.7 Å². The lowest BCUT2D eigenvalue weighted by atomic mass is 10.0. The fraction of sp³-hybridized carbons (Fsp3) is 0.774. The summed E-state index contributed by atoms with van der Waals surface area (Å²) in [6.45, 7) is 3.13. The van der Waals surface area contributed by atoms with Crippen molar-refractivity contribution in [3.63, 3.8) is 0 Å². The molecule has 0 saturated heterocycles. The van der Waals surface area contributed by atoms with Crippen LogP contribution in [0.1, 0.15) is 121 Å². The van der Waals surface area contributed by atoms with Gasteiger partial charge in [0.15, 0.2) is 0 Å². The van der Waals surface area contributed by atoms with Gasteiger partial charge in [-0.3, -0.25) is 9.05 Å². The van der Waals surface area contributed by atoms with Crippen LogP contribution in [0.25, 0.3) is 0 Å². The molecule has 9 heteroatoms. The molecular formula is C31H54NO7P. The van der Waals surface area contributed by atoms with Crippen molar-refractivity contribution in [1.29, 1.82) is 5.26 Å². The van der Waals surface area contributed by atoms with Gasteiger partial charge in [-0.25, -0.2) is 4.57 Å². The molecular weight excluding hydrogens is 529 g/mol. The highest BCUT2D eigenvalue weighted by molar-refractivity contribution is 7.47. The van der Waals surface area contributed by atoms with Crippen LogP contribution in [0.2, 0.25) is 0 Å². The second-order valence-corrected chi connectivity index (χ2v) is 12.0. The molecule has 8 nitrogen and oxygen atoms in total. The Hall–Kier alpha value is -1.46. The maximum atomic E-state index is 11.7. The van der Waals surface area contributed by atoms with Crippen LogP contribution in [0, 0.1) is 11.3 Å². The second-order valence-electron chi connectivity index (χ2n) is 10.4. The molecule has 0 aliphatic heterocycles. The Morgan fingerprint density at radius 1 is 0.850 bits per heavy atom. The average Bonchev–Trinajstić information content (AvgIpc) is 2.97. The predicted molar refractivity (Wildman–Crippen MR) is 159 cm³/mol. The number of phosphoric acid groups is 1. The molecule has 0 heterocycles. The van der Waals surface area contributed by atoms with Crippen LogP contribution in [-0.4, -0.2) is 45.0 Å². The number of hydrogen-bond donors (Lipinski definition) is 1. The predicted octanol–water partition coefficient (Wildman–Crippen LogP) is 8.49. The number of unbranched alkanes of at least 4 members (excludes halogenated alkanes) is 15. The van der Waals surface area contributed by atoms with Crippen LogP contribution in [0.3, 0.4) is 0 Å². The number of hydrogen-bond acceptors (Lipinski definition) is 7. The minimum atomic E-state index is -4.12. The summed E-state index contributed by atoms with van der Waals surface area (Å²) in [6, 6.07) is 7.31. The van der Waals surface area contributed by atoms with Crippen LogP contribution in [0.5, 0.6) is 5.75 Å². The molecule has 1 aromatic carbocycles. The molecule has 1 N–H and O–H groups in total. The third kappa shape index (κ3) is 18.8. The zero-order valence-corrected chi connectivity index (χ0v) is 26.1. The van der Waals surface area contributed by atoms with Crippen LogP contribution in [0.15, 0.2) is 18.2 Å². The van der Waals surface area contributed by atoms with E-state index >= 15 is 0 Å². The van der Waals surface area contributed by atoms with Crippen molar-refractivity contribution >= 4 is 7.82 Å². The van der Waals surface area contributed by atoms with Gasteiger partial charge in [0.25, 0.3) is 0 Å². The number of rotatable bonds is 27. The summed E-state index contributed by atoms with van der Waals surface area (Å²) >= 11 is 0. The van der Waals surface area contributed by atoms with Crippen molar-refractivity contribution in [2.24, 2.45) is 0 Å². The van der Waals surface area contributed by atoms with E-state index in [0.717, 1.165) is 25.5 Å². The first-order valence-corrected chi connectivity index (χ1v) is 16.7. The highest BCUT2D eigenvalue weighted by Gasteiger charge is 2.22. The highest BCUT2D eigenvalue weighted by Crippen LogP contribution is 2.42. The Morgan fingerprint density at radius 3 is 1.90 bits per heavy atom. The fourth-order valence-corrected chi connectivity index (χ4v) is 4.95. The summed E-state index contributed by atoms with van der Waals surface area (Å²) in [5.74, 6) is 0.495.